The van der Waals surface area contributed by atoms with Crippen LogP contribution in [0.25, 0.3) is 0 Å². The van der Waals surface area contributed by atoms with Gasteiger partial charge in [0.1, 0.15) is 0 Å². The number of carbonyl (C=O) groups is 1. The summed E-state index contributed by atoms with van der Waals surface area (Å²) in [5.41, 5.74) is -4.32. The molecule has 0 bridgehead atoms. The van der Waals surface area contributed by atoms with E-state index in [1.54, 1.807) is 0 Å². The van der Waals surface area contributed by atoms with E-state index in [-0.39, 0.29) is 18.2 Å². The Balaban J connectivity index is 3.51. The lowest BCUT2D eigenvalue weighted by atomic mass is 10.0. The van der Waals surface area contributed by atoms with E-state index in [1.807, 2.05) is 0 Å². The monoisotopic (exact) mass is 358 g/mol. The van der Waals surface area contributed by atoms with Gasteiger partial charge in [-0.15, -0.1) is 0 Å². The van der Waals surface area contributed by atoms with Crippen molar-refractivity contribution in [1.29, 1.82) is 0 Å². The summed E-state index contributed by atoms with van der Waals surface area (Å²) in [6.07, 6.45) is -10.2. The number of hydrogen-bond donors (Lipinski definition) is 0. The molecule has 1 rings (SSSR count). The van der Waals surface area contributed by atoms with Crippen LogP contribution in [-0.4, -0.2) is 9.58 Å². The maximum atomic E-state index is 12.5. The molecule has 10 heteroatoms. The quantitative estimate of drug-likeness (QED) is 0.379. The molecule has 0 amide bonds. The zero-order chi connectivity index (χ0) is 15.9. The third-order valence-electron chi connectivity index (χ3n) is 2.11. The van der Waals surface area contributed by atoms with Gasteiger partial charge in [0.2, 0.25) is 5.78 Å². The number of Topliss-reactive ketones (excluding diaryl/α,β-unsaturated/α-hetero) is 1. The number of benzene rings is 1. The molecule has 0 aromatic heterocycles. The van der Waals surface area contributed by atoms with Crippen LogP contribution in [-0.2, 0) is 12.4 Å². The van der Waals surface area contributed by atoms with Gasteiger partial charge in [-0.1, -0.05) is 34.8 Å². The number of ketones is 1. The van der Waals surface area contributed by atoms with E-state index in [0.717, 1.165) is 0 Å². The highest BCUT2D eigenvalue weighted by Gasteiger charge is 2.39. The van der Waals surface area contributed by atoms with Gasteiger partial charge < -0.3 is 0 Å². The van der Waals surface area contributed by atoms with Gasteiger partial charge >= 0.3 is 12.4 Å². The Morgan fingerprint density at radius 2 is 1.15 bits per heavy atom. The molecule has 0 aliphatic carbocycles. The molecule has 0 heterocycles. The number of halogens is 9. The van der Waals surface area contributed by atoms with Gasteiger partial charge in [-0.25, -0.2) is 0 Å². The Labute approximate surface area is 123 Å². The van der Waals surface area contributed by atoms with E-state index in [1.165, 1.54) is 0 Å². The molecule has 0 spiro atoms. The van der Waals surface area contributed by atoms with Crippen LogP contribution < -0.4 is 0 Å². The van der Waals surface area contributed by atoms with Crippen LogP contribution in [0.1, 0.15) is 21.5 Å². The van der Waals surface area contributed by atoms with Crippen molar-refractivity contribution in [1.82, 2.24) is 0 Å². The van der Waals surface area contributed by atoms with E-state index < -0.39 is 38.6 Å². The Kier molecular flexibility index (Phi) is 4.58. The fourth-order valence-electron chi connectivity index (χ4n) is 1.25. The number of carbonyl (C=O) groups excluding carboxylic acids is 1. The van der Waals surface area contributed by atoms with E-state index in [2.05, 4.69) is 0 Å². The molecule has 0 atom stereocenters. The molecule has 0 radical (unpaired) electrons. The van der Waals surface area contributed by atoms with Crippen LogP contribution in [0, 0.1) is 0 Å². The van der Waals surface area contributed by atoms with Gasteiger partial charge in [0.05, 0.1) is 11.1 Å². The van der Waals surface area contributed by atoms with Gasteiger partial charge in [0.15, 0.2) is 0 Å². The summed E-state index contributed by atoms with van der Waals surface area (Å²) in [6.45, 7) is 0. The molecule has 1 nitrogen and oxygen atoms in total. The first-order chi connectivity index (χ1) is 8.73. The fraction of sp³-hybridized carbons (Fsp3) is 0.300. The van der Waals surface area contributed by atoms with Gasteiger partial charge in [0, 0.05) is 5.56 Å². The maximum Gasteiger partial charge on any atom is 0.416 e. The molecule has 0 aliphatic heterocycles. The minimum atomic E-state index is -5.08. The number of hydrogen-bond acceptors (Lipinski definition) is 1. The van der Waals surface area contributed by atoms with Crippen LogP contribution in [0.5, 0.6) is 0 Å². The van der Waals surface area contributed by atoms with Crippen LogP contribution in [0.2, 0.25) is 0 Å². The Morgan fingerprint density at radius 1 is 0.800 bits per heavy atom. The van der Waals surface area contributed by atoms with Crippen molar-refractivity contribution in [3.8, 4) is 0 Å². The van der Waals surface area contributed by atoms with Crippen LogP contribution >= 0.6 is 34.8 Å². The second-order valence-corrected chi connectivity index (χ2v) is 5.90. The summed E-state index contributed by atoms with van der Waals surface area (Å²) in [5.74, 6) is -1.49. The van der Waals surface area contributed by atoms with Crippen molar-refractivity contribution in [2.24, 2.45) is 0 Å². The molecule has 112 valence electrons. The first-order valence-corrected chi connectivity index (χ1v) is 5.77. The third-order valence-corrected chi connectivity index (χ3v) is 2.62. The van der Waals surface area contributed by atoms with Gasteiger partial charge in [0.25, 0.3) is 3.79 Å². The molecular formula is C10H3Cl3F6O. The lowest BCUT2D eigenvalue weighted by molar-refractivity contribution is -0.143. The third kappa shape index (κ3) is 4.17. The Morgan fingerprint density at radius 3 is 1.40 bits per heavy atom. The molecule has 20 heavy (non-hydrogen) atoms. The molecule has 0 unspecified atom stereocenters. The smallest absolute Gasteiger partial charge is 0.289 e. The zero-order valence-corrected chi connectivity index (χ0v) is 11.3. The van der Waals surface area contributed by atoms with E-state index in [0.29, 0.717) is 0 Å². The average Bonchev–Trinajstić information content (AvgIpc) is 2.23. The van der Waals surface area contributed by atoms with Crippen molar-refractivity contribution in [2.45, 2.75) is 16.1 Å². The minimum Gasteiger partial charge on any atom is -0.289 e. The van der Waals surface area contributed by atoms with Crippen molar-refractivity contribution in [3.05, 3.63) is 34.9 Å². The Hall–Kier alpha value is -0.660. The SMILES string of the molecule is O=C(c1cc(C(F)(F)F)cc(C(F)(F)F)c1)C(Cl)(Cl)Cl. The molecule has 1 aromatic carbocycles. The first kappa shape index (κ1) is 17.4. The molecule has 1 aromatic rings. The van der Waals surface area contributed by atoms with Gasteiger partial charge in [-0.2, -0.15) is 26.3 Å². The van der Waals surface area contributed by atoms with Crippen LogP contribution in [0.15, 0.2) is 18.2 Å². The zero-order valence-electron chi connectivity index (χ0n) is 9.04. The Bertz CT molecular complexity index is 497. The molecule has 0 aliphatic rings. The van der Waals surface area contributed by atoms with Crippen molar-refractivity contribution in [3.63, 3.8) is 0 Å². The van der Waals surface area contributed by atoms with Crippen LogP contribution in [0.3, 0.4) is 0 Å². The predicted octanol–water partition coefficient (Wildman–Crippen LogP) is 5.28. The first-order valence-electron chi connectivity index (χ1n) is 4.64. The van der Waals surface area contributed by atoms with E-state index >= 15 is 0 Å². The lowest BCUT2D eigenvalue weighted by Gasteiger charge is -2.15. The summed E-state index contributed by atoms with van der Waals surface area (Å²) in [5, 5.41) is 0. The number of alkyl halides is 9. The van der Waals surface area contributed by atoms with Gasteiger partial charge in [-0.05, 0) is 18.2 Å². The summed E-state index contributed by atoms with van der Waals surface area (Å²) in [7, 11) is 0. The van der Waals surface area contributed by atoms with Crippen LogP contribution in [0.4, 0.5) is 26.3 Å². The second-order valence-electron chi connectivity index (χ2n) is 3.62. The fourth-order valence-corrected chi connectivity index (χ4v) is 1.58. The standard InChI is InChI=1S/C10H3Cl3F6O/c11-8(12,13)7(20)4-1-5(9(14,15)16)3-6(2-4)10(17,18)19/h1-3H. The summed E-state index contributed by atoms with van der Waals surface area (Å²) < 4.78 is 72.5. The van der Waals surface area contributed by atoms with E-state index in [9.17, 15) is 31.1 Å². The average molecular weight is 359 g/mol. The largest absolute Gasteiger partial charge is 0.416 e. The van der Waals surface area contributed by atoms with Crippen molar-refractivity contribution >= 4 is 40.6 Å². The summed E-state index contributed by atoms with van der Waals surface area (Å²) in [4.78, 5) is 11.5. The molecule has 0 saturated heterocycles. The number of rotatable bonds is 1. The van der Waals surface area contributed by atoms with E-state index in [4.69, 9.17) is 34.8 Å². The summed E-state index contributed by atoms with van der Waals surface area (Å²) >= 11 is 15.5. The molecular weight excluding hydrogens is 356 g/mol. The highest BCUT2D eigenvalue weighted by atomic mass is 35.6. The minimum absolute atomic E-state index is 0.130. The highest BCUT2D eigenvalue weighted by Crippen LogP contribution is 2.38. The predicted molar refractivity (Wildman–Crippen MR) is 61.1 cm³/mol. The second kappa shape index (κ2) is 5.27. The lowest BCUT2D eigenvalue weighted by Crippen LogP contribution is -2.21. The van der Waals surface area contributed by atoms with Gasteiger partial charge in [-0.3, -0.25) is 4.79 Å². The maximum absolute atomic E-state index is 12.5. The van der Waals surface area contributed by atoms with Crippen molar-refractivity contribution in [2.75, 3.05) is 0 Å². The normalized spacial score (nSPS) is 13.4. The van der Waals surface area contributed by atoms with Crippen molar-refractivity contribution < 1.29 is 31.1 Å². The highest BCUT2D eigenvalue weighted by molar-refractivity contribution is 6.77. The summed E-state index contributed by atoms with van der Waals surface area (Å²) in [6, 6.07) is 0.258. The molecule has 0 fully saturated rings. The molecule has 0 N–H and O–H groups in total. The molecule has 0 saturated carbocycles. The topological polar surface area (TPSA) is 17.1 Å².